The van der Waals surface area contributed by atoms with Crippen molar-refractivity contribution in [1.29, 1.82) is 0 Å². The summed E-state index contributed by atoms with van der Waals surface area (Å²) in [5.74, 6) is 0.287. The smallest absolute Gasteiger partial charge is 0.416 e. The van der Waals surface area contributed by atoms with Gasteiger partial charge >= 0.3 is 6.18 Å². The van der Waals surface area contributed by atoms with Crippen molar-refractivity contribution in [3.63, 3.8) is 0 Å². The molecule has 4 aromatic rings. The number of phenols is 1. The van der Waals surface area contributed by atoms with Gasteiger partial charge in [0.2, 0.25) is 11.6 Å². The van der Waals surface area contributed by atoms with Gasteiger partial charge in [0, 0.05) is 25.1 Å². The highest BCUT2D eigenvalue weighted by atomic mass is 19.4. The number of piperidine rings is 1. The van der Waals surface area contributed by atoms with Crippen LogP contribution in [-0.4, -0.2) is 49.3 Å². The van der Waals surface area contributed by atoms with Crippen LogP contribution in [0, 0.1) is 13.8 Å². The van der Waals surface area contributed by atoms with Crippen LogP contribution in [0.25, 0.3) is 22.4 Å². The zero-order valence-electron chi connectivity index (χ0n) is 21.1. The van der Waals surface area contributed by atoms with Gasteiger partial charge in [0.25, 0.3) is 0 Å². The number of hydrogen-bond donors (Lipinski definition) is 1. The SMILES string of the molecule is COc1ccc(CN2C[C@H](n3nc4nc(-c5c(C)cc(C(F)(F)F)cc5O)cnc4c3C)CCC2=O)cc1. The number of methoxy groups -OCH3 is 1. The summed E-state index contributed by atoms with van der Waals surface area (Å²) in [5, 5.41) is 15.0. The highest BCUT2D eigenvalue weighted by molar-refractivity contribution is 5.79. The van der Waals surface area contributed by atoms with Gasteiger partial charge < -0.3 is 14.7 Å². The molecule has 8 nitrogen and oxygen atoms in total. The van der Waals surface area contributed by atoms with Gasteiger partial charge in [0.15, 0.2) is 0 Å². The number of aromatic hydroxyl groups is 1. The molecule has 0 unspecified atom stereocenters. The predicted octanol–water partition coefficient (Wildman–Crippen LogP) is 5.21. The Labute approximate surface area is 216 Å². The molecule has 2 aromatic heterocycles. The van der Waals surface area contributed by atoms with Crippen molar-refractivity contribution in [3.8, 4) is 22.8 Å². The van der Waals surface area contributed by atoms with E-state index in [9.17, 15) is 23.1 Å². The third kappa shape index (κ3) is 4.75. The number of fused-ring (bicyclic) bond motifs is 1. The van der Waals surface area contributed by atoms with E-state index in [0.29, 0.717) is 43.2 Å². The number of aromatic nitrogens is 4. The lowest BCUT2D eigenvalue weighted by Gasteiger charge is -2.33. The first kappa shape index (κ1) is 25.5. The molecule has 38 heavy (non-hydrogen) atoms. The van der Waals surface area contributed by atoms with Gasteiger partial charge in [-0.05, 0) is 55.7 Å². The first-order valence-corrected chi connectivity index (χ1v) is 12.1. The summed E-state index contributed by atoms with van der Waals surface area (Å²) in [6, 6.07) is 9.14. The van der Waals surface area contributed by atoms with Gasteiger partial charge in [-0.1, -0.05) is 12.1 Å². The van der Waals surface area contributed by atoms with Gasteiger partial charge in [0.05, 0.1) is 36.3 Å². The molecular formula is C27H26F3N5O3. The van der Waals surface area contributed by atoms with Crippen LogP contribution in [0.3, 0.4) is 0 Å². The van der Waals surface area contributed by atoms with E-state index < -0.39 is 17.5 Å². The molecule has 0 spiro atoms. The molecule has 0 saturated carbocycles. The Morgan fingerprint density at radius 1 is 1.16 bits per heavy atom. The second kappa shape index (κ2) is 9.62. The van der Waals surface area contributed by atoms with E-state index in [1.165, 1.54) is 13.1 Å². The summed E-state index contributed by atoms with van der Waals surface area (Å²) < 4.78 is 46.4. The average Bonchev–Trinajstić information content (AvgIpc) is 3.20. The number of hydrogen-bond acceptors (Lipinski definition) is 6. The first-order chi connectivity index (χ1) is 18.0. The maximum absolute atomic E-state index is 13.1. The van der Waals surface area contributed by atoms with Crippen LogP contribution in [-0.2, 0) is 17.5 Å². The molecule has 1 amide bonds. The van der Waals surface area contributed by atoms with Gasteiger partial charge in [-0.15, -0.1) is 5.10 Å². The largest absolute Gasteiger partial charge is 0.507 e. The number of halogens is 3. The highest BCUT2D eigenvalue weighted by Crippen LogP contribution is 2.39. The second-order valence-electron chi connectivity index (χ2n) is 9.46. The van der Waals surface area contributed by atoms with E-state index in [1.807, 2.05) is 35.9 Å². The van der Waals surface area contributed by atoms with Crippen molar-refractivity contribution in [3.05, 3.63) is 65.0 Å². The van der Waals surface area contributed by atoms with Crippen molar-refractivity contribution >= 4 is 17.1 Å². The number of carbonyl (C=O) groups excluding carboxylic acids is 1. The Morgan fingerprint density at radius 2 is 1.89 bits per heavy atom. The number of rotatable bonds is 5. The average molecular weight is 526 g/mol. The van der Waals surface area contributed by atoms with E-state index >= 15 is 0 Å². The molecule has 0 aliphatic carbocycles. The molecule has 1 N–H and O–H groups in total. The number of alkyl halides is 3. The number of ether oxygens (including phenoxy) is 1. The number of likely N-dealkylation sites (tertiary alicyclic amines) is 1. The van der Waals surface area contributed by atoms with Crippen molar-refractivity contribution in [2.75, 3.05) is 13.7 Å². The van der Waals surface area contributed by atoms with Crippen LogP contribution in [0.4, 0.5) is 13.2 Å². The maximum atomic E-state index is 13.1. The number of benzene rings is 2. The van der Waals surface area contributed by atoms with Gasteiger partial charge in [-0.2, -0.15) is 13.2 Å². The molecule has 11 heteroatoms. The van der Waals surface area contributed by atoms with Crippen molar-refractivity contribution in [2.45, 2.75) is 45.5 Å². The quantitative estimate of drug-likeness (QED) is 0.385. The molecule has 1 atom stereocenters. The number of phenolic OH excluding ortho intramolecular Hbond substituents is 1. The Balaban J connectivity index is 1.43. The first-order valence-electron chi connectivity index (χ1n) is 12.1. The standard InChI is InChI=1S/C27H26F3N5O3/c1-15-10-18(27(28,29)30)11-22(36)24(15)21-12-31-25-16(2)35(33-26(25)32-21)19-6-9-23(37)34(14-19)13-17-4-7-20(38-3)8-5-17/h4-5,7-8,10-12,19,36H,6,9,13-14H2,1-3H3/t19-/m1/s1. The number of carbonyl (C=O) groups is 1. The molecule has 0 bridgehead atoms. The third-order valence-corrected chi connectivity index (χ3v) is 6.89. The summed E-state index contributed by atoms with van der Waals surface area (Å²) >= 11 is 0. The Morgan fingerprint density at radius 3 is 2.55 bits per heavy atom. The summed E-state index contributed by atoms with van der Waals surface area (Å²) in [5.41, 5.74) is 2.32. The highest BCUT2D eigenvalue weighted by Gasteiger charge is 2.33. The van der Waals surface area contributed by atoms with Crippen molar-refractivity contribution < 1.29 is 27.8 Å². The topological polar surface area (TPSA) is 93.4 Å². The predicted molar refractivity (Wildman–Crippen MR) is 134 cm³/mol. The lowest BCUT2D eigenvalue weighted by molar-refractivity contribution is -0.138. The molecule has 1 fully saturated rings. The molecule has 0 radical (unpaired) electrons. The lowest BCUT2D eigenvalue weighted by Crippen LogP contribution is -2.40. The monoisotopic (exact) mass is 525 g/mol. The van der Waals surface area contributed by atoms with Crippen LogP contribution in [0.15, 0.2) is 42.6 Å². The van der Waals surface area contributed by atoms with Crippen molar-refractivity contribution in [1.82, 2.24) is 24.6 Å². The number of nitrogens with zero attached hydrogens (tertiary/aromatic N) is 5. The molecule has 1 saturated heterocycles. The lowest BCUT2D eigenvalue weighted by atomic mass is 10.0. The minimum Gasteiger partial charge on any atom is -0.507 e. The van der Waals surface area contributed by atoms with Crippen LogP contribution >= 0.6 is 0 Å². The fourth-order valence-electron chi connectivity index (χ4n) is 4.93. The number of aryl methyl sites for hydroxylation is 2. The van der Waals surface area contributed by atoms with E-state index in [4.69, 9.17) is 4.74 Å². The molecular weight excluding hydrogens is 499 g/mol. The molecule has 2 aromatic carbocycles. The molecule has 1 aliphatic rings. The van der Waals surface area contributed by atoms with Gasteiger partial charge in [-0.25, -0.2) is 9.97 Å². The third-order valence-electron chi connectivity index (χ3n) is 6.89. The van der Waals surface area contributed by atoms with Crippen LogP contribution in [0.1, 0.15) is 41.3 Å². The van der Waals surface area contributed by atoms with Crippen molar-refractivity contribution in [2.24, 2.45) is 0 Å². The molecule has 1 aliphatic heterocycles. The maximum Gasteiger partial charge on any atom is 0.416 e. The fourth-order valence-corrected chi connectivity index (χ4v) is 4.93. The Hall–Kier alpha value is -4.15. The van der Waals surface area contributed by atoms with E-state index in [0.717, 1.165) is 23.1 Å². The molecule has 198 valence electrons. The van der Waals surface area contributed by atoms with Crippen LogP contribution in [0.2, 0.25) is 0 Å². The summed E-state index contributed by atoms with van der Waals surface area (Å²) in [6.07, 6.45) is -2.16. The number of amides is 1. The minimum absolute atomic E-state index is 0.0678. The normalized spacial score (nSPS) is 16.3. The Kier molecular flexibility index (Phi) is 6.46. The summed E-state index contributed by atoms with van der Waals surface area (Å²) in [4.78, 5) is 23.5. The fraction of sp³-hybridized carbons (Fsp3) is 0.333. The van der Waals surface area contributed by atoms with Gasteiger partial charge in [-0.3, -0.25) is 9.48 Å². The minimum atomic E-state index is -4.57. The zero-order chi connectivity index (χ0) is 27.2. The summed E-state index contributed by atoms with van der Waals surface area (Å²) in [7, 11) is 1.60. The van der Waals surface area contributed by atoms with Crippen LogP contribution < -0.4 is 4.74 Å². The van der Waals surface area contributed by atoms with E-state index in [-0.39, 0.29) is 28.8 Å². The summed E-state index contributed by atoms with van der Waals surface area (Å²) in [6.45, 7) is 4.28. The second-order valence-corrected chi connectivity index (χ2v) is 9.46. The van der Waals surface area contributed by atoms with E-state index in [2.05, 4.69) is 15.1 Å². The molecule has 5 rings (SSSR count). The zero-order valence-corrected chi connectivity index (χ0v) is 21.1. The molecule has 3 heterocycles. The van der Waals surface area contributed by atoms with E-state index in [1.54, 1.807) is 12.0 Å². The van der Waals surface area contributed by atoms with Crippen LogP contribution in [0.5, 0.6) is 11.5 Å². The van der Waals surface area contributed by atoms with Gasteiger partial charge in [0.1, 0.15) is 17.0 Å². The Bertz CT molecular complexity index is 1490.